The molecule has 0 radical (unpaired) electrons. The van der Waals surface area contributed by atoms with Crippen LogP contribution in [0.1, 0.15) is 13.8 Å². The molecule has 0 unspecified atom stereocenters. The Bertz CT molecular complexity index is 392. The highest BCUT2D eigenvalue weighted by Gasteiger charge is 2.34. The van der Waals surface area contributed by atoms with E-state index in [9.17, 15) is 9.59 Å². The summed E-state index contributed by atoms with van der Waals surface area (Å²) in [5, 5.41) is 3.07. The lowest BCUT2D eigenvalue weighted by Crippen LogP contribution is -2.57. The number of cyclic esters (lactones) is 2. The molecule has 2 heterocycles. The molecule has 2 aliphatic rings. The van der Waals surface area contributed by atoms with Crippen molar-refractivity contribution < 1.29 is 19.1 Å². The van der Waals surface area contributed by atoms with Crippen LogP contribution in [0.4, 0.5) is 9.59 Å². The molecule has 0 spiro atoms. The van der Waals surface area contributed by atoms with Crippen molar-refractivity contribution in [2.45, 2.75) is 26.3 Å². The molecule has 114 valence electrons. The standard InChI is InChI=1S/C12H22N4O4/c1-7-5-16(12(18)19-9(7)13)6-14-10-8(2)4-15(3)11(17)20-10/h7-10,14H,4-6,13H2,1-3H3/t7-,8-,9-,10-/m1/s1. The molecule has 2 amide bonds. The second-order valence-electron chi connectivity index (χ2n) is 5.57. The molecule has 2 fully saturated rings. The van der Waals surface area contributed by atoms with Crippen LogP contribution in [-0.2, 0) is 9.47 Å². The number of carbonyl (C=O) groups excluding carboxylic acids is 2. The van der Waals surface area contributed by atoms with Crippen molar-refractivity contribution in [2.75, 3.05) is 26.8 Å². The zero-order valence-corrected chi connectivity index (χ0v) is 12.0. The lowest BCUT2D eigenvalue weighted by Gasteiger charge is -2.38. The fraction of sp³-hybridized carbons (Fsp3) is 0.833. The van der Waals surface area contributed by atoms with E-state index in [0.29, 0.717) is 13.1 Å². The number of carbonyl (C=O) groups is 2. The van der Waals surface area contributed by atoms with Gasteiger partial charge in [0.25, 0.3) is 0 Å². The van der Waals surface area contributed by atoms with Crippen molar-refractivity contribution >= 4 is 12.2 Å². The molecule has 0 aromatic rings. The number of amides is 2. The molecule has 2 aliphatic heterocycles. The van der Waals surface area contributed by atoms with Gasteiger partial charge in [-0.25, -0.2) is 9.59 Å². The third-order valence-electron chi connectivity index (χ3n) is 3.67. The lowest BCUT2D eigenvalue weighted by molar-refractivity contribution is -0.0363. The van der Waals surface area contributed by atoms with Gasteiger partial charge in [0.05, 0.1) is 6.67 Å². The molecule has 2 saturated heterocycles. The third kappa shape index (κ3) is 3.13. The number of nitrogens with one attached hydrogen (secondary N) is 1. The Hall–Kier alpha value is -1.54. The van der Waals surface area contributed by atoms with Crippen molar-refractivity contribution in [1.29, 1.82) is 0 Å². The average molecular weight is 286 g/mol. The van der Waals surface area contributed by atoms with Gasteiger partial charge in [-0.15, -0.1) is 0 Å². The maximum Gasteiger partial charge on any atom is 0.412 e. The maximum absolute atomic E-state index is 11.7. The van der Waals surface area contributed by atoms with Crippen LogP contribution in [-0.4, -0.2) is 61.2 Å². The monoisotopic (exact) mass is 286 g/mol. The molecular weight excluding hydrogens is 264 g/mol. The van der Waals surface area contributed by atoms with Crippen LogP contribution >= 0.6 is 0 Å². The number of hydrogen-bond acceptors (Lipinski definition) is 6. The van der Waals surface area contributed by atoms with E-state index in [1.54, 1.807) is 7.05 Å². The van der Waals surface area contributed by atoms with Gasteiger partial charge >= 0.3 is 12.2 Å². The van der Waals surface area contributed by atoms with Crippen molar-refractivity contribution in [1.82, 2.24) is 15.1 Å². The van der Waals surface area contributed by atoms with Gasteiger partial charge in [0.15, 0.2) is 12.5 Å². The summed E-state index contributed by atoms with van der Waals surface area (Å²) in [6.07, 6.45) is -1.77. The van der Waals surface area contributed by atoms with E-state index in [1.807, 2.05) is 13.8 Å². The van der Waals surface area contributed by atoms with E-state index >= 15 is 0 Å². The van der Waals surface area contributed by atoms with Gasteiger partial charge in [-0.3, -0.25) is 16.0 Å². The summed E-state index contributed by atoms with van der Waals surface area (Å²) in [5.74, 6) is 0.199. The molecule has 20 heavy (non-hydrogen) atoms. The molecule has 8 heteroatoms. The van der Waals surface area contributed by atoms with Crippen LogP contribution in [0.2, 0.25) is 0 Å². The van der Waals surface area contributed by atoms with Crippen molar-refractivity contribution in [2.24, 2.45) is 17.6 Å². The number of nitrogens with zero attached hydrogens (tertiary/aromatic N) is 2. The van der Waals surface area contributed by atoms with Crippen LogP contribution in [0, 0.1) is 11.8 Å². The smallest absolute Gasteiger partial charge is 0.412 e. The van der Waals surface area contributed by atoms with E-state index in [2.05, 4.69) is 5.32 Å². The van der Waals surface area contributed by atoms with Crippen LogP contribution in [0.25, 0.3) is 0 Å². The van der Waals surface area contributed by atoms with Gasteiger partial charge in [-0.1, -0.05) is 13.8 Å². The van der Waals surface area contributed by atoms with E-state index in [-0.39, 0.29) is 24.6 Å². The number of ether oxygens (including phenoxy) is 2. The zero-order valence-electron chi connectivity index (χ0n) is 12.0. The summed E-state index contributed by atoms with van der Waals surface area (Å²) in [6.45, 7) is 5.29. The Morgan fingerprint density at radius 1 is 1.20 bits per heavy atom. The second-order valence-corrected chi connectivity index (χ2v) is 5.57. The number of nitrogens with two attached hydrogens (primary N) is 1. The quantitative estimate of drug-likeness (QED) is 0.755. The highest BCUT2D eigenvalue weighted by Crippen LogP contribution is 2.17. The molecule has 0 aliphatic carbocycles. The first-order valence-electron chi connectivity index (χ1n) is 6.74. The minimum atomic E-state index is -0.557. The molecule has 0 saturated carbocycles. The summed E-state index contributed by atoms with van der Waals surface area (Å²) in [6, 6.07) is 0. The van der Waals surface area contributed by atoms with Crippen LogP contribution in [0.5, 0.6) is 0 Å². The third-order valence-corrected chi connectivity index (χ3v) is 3.67. The summed E-state index contributed by atoms with van der Waals surface area (Å²) in [7, 11) is 1.69. The topological polar surface area (TPSA) is 97.1 Å². The van der Waals surface area contributed by atoms with Gasteiger partial charge in [0, 0.05) is 32.0 Å². The second kappa shape index (κ2) is 5.84. The lowest BCUT2D eigenvalue weighted by atomic mass is 10.1. The Morgan fingerprint density at radius 3 is 2.60 bits per heavy atom. The normalized spacial score (nSPS) is 34.8. The Morgan fingerprint density at radius 2 is 1.90 bits per heavy atom. The highest BCUT2D eigenvalue weighted by molar-refractivity contribution is 5.69. The van der Waals surface area contributed by atoms with Crippen LogP contribution in [0.15, 0.2) is 0 Å². The first-order valence-corrected chi connectivity index (χ1v) is 6.74. The minimum absolute atomic E-state index is 0.0620. The Labute approximate surface area is 118 Å². The molecule has 4 atom stereocenters. The minimum Gasteiger partial charge on any atom is -0.430 e. The molecule has 0 aromatic heterocycles. The summed E-state index contributed by atoms with van der Waals surface area (Å²) in [4.78, 5) is 26.2. The van der Waals surface area contributed by atoms with Gasteiger partial charge in [-0.05, 0) is 0 Å². The van der Waals surface area contributed by atoms with E-state index in [0.717, 1.165) is 0 Å². The van der Waals surface area contributed by atoms with Crippen LogP contribution < -0.4 is 11.1 Å². The van der Waals surface area contributed by atoms with E-state index < -0.39 is 18.5 Å². The fourth-order valence-corrected chi connectivity index (χ4v) is 2.32. The van der Waals surface area contributed by atoms with Gasteiger partial charge in [-0.2, -0.15) is 0 Å². The number of hydrogen-bond donors (Lipinski definition) is 2. The highest BCUT2D eigenvalue weighted by atomic mass is 16.6. The molecular formula is C12H22N4O4. The van der Waals surface area contributed by atoms with Gasteiger partial charge in [0.1, 0.15) is 0 Å². The number of rotatable bonds is 3. The average Bonchev–Trinajstić information content (AvgIpc) is 2.37. The predicted molar refractivity (Wildman–Crippen MR) is 70.4 cm³/mol. The summed E-state index contributed by atoms with van der Waals surface area (Å²) < 4.78 is 10.3. The Balaban J connectivity index is 1.85. The van der Waals surface area contributed by atoms with Crippen LogP contribution in [0.3, 0.4) is 0 Å². The SMILES string of the molecule is C[C@@H]1CN(CN[C@@H]2OC(=O)N(C)C[C@H]2C)C(=O)O[C@H]1N. The van der Waals surface area contributed by atoms with Crippen molar-refractivity contribution in [3.05, 3.63) is 0 Å². The van der Waals surface area contributed by atoms with Gasteiger partial charge in [0.2, 0.25) is 0 Å². The zero-order chi connectivity index (χ0) is 14.9. The molecule has 0 aromatic carbocycles. The van der Waals surface area contributed by atoms with Crippen molar-refractivity contribution in [3.8, 4) is 0 Å². The molecule has 3 N–H and O–H groups in total. The largest absolute Gasteiger partial charge is 0.430 e. The molecule has 8 nitrogen and oxygen atoms in total. The first kappa shape index (κ1) is 14.9. The summed E-state index contributed by atoms with van der Waals surface area (Å²) in [5.41, 5.74) is 5.66. The predicted octanol–water partition coefficient (Wildman–Crippen LogP) is -0.0492. The van der Waals surface area contributed by atoms with Gasteiger partial charge < -0.3 is 14.4 Å². The van der Waals surface area contributed by atoms with Crippen molar-refractivity contribution in [3.63, 3.8) is 0 Å². The Kier molecular flexibility index (Phi) is 4.34. The molecule has 0 bridgehead atoms. The first-order chi connectivity index (χ1) is 9.38. The fourth-order valence-electron chi connectivity index (χ4n) is 2.32. The maximum atomic E-state index is 11.7. The summed E-state index contributed by atoms with van der Waals surface area (Å²) >= 11 is 0. The van der Waals surface area contributed by atoms with E-state index in [4.69, 9.17) is 15.2 Å². The van der Waals surface area contributed by atoms with E-state index in [1.165, 1.54) is 9.80 Å². The molecule has 2 rings (SSSR count).